The van der Waals surface area contributed by atoms with Crippen LogP contribution < -0.4 is 9.47 Å². The molecule has 0 saturated carbocycles. The first-order valence-electron chi connectivity index (χ1n) is 7.47. The first-order valence-corrected chi connectivity index (χ1v) is 7.47. The van der Waals surface area contributed by atoms with Crippen LogP contribution in [0.25, 0.3) is 22.9 Å². The van der Waals surface area contributed by atoms with Crippen molar-refractivity contribution < 1.29 is 4.57 Å². The molecule has 3 aromatic rings. The summed E-state index contributed by atoms with van der Waals surface area (Å²) in [6.07, 6.45) is 8.67. The van der Waals surface area contributed by atoms with E-state index in [-0.39, 0.29) is 0 Å². The van der Waals surface area contributed by atoms with Gasteiger partial charge in [-0.15, -0.1) is 0 Å². The molecule has 0 atom stereocenters. The van der Waals surface area contributed by atoms with Gasteiger partial charge >= 0.3 is 0 Å². The molecule has 0 aliphatic rings. The van der Waals surface area contributed by atoms with E-state index in [1.54, 1.807) is 0 Å². The summed E-state index contributed by atoms with van der Waals surface area (Å²) in [6.45, 7) is 0. The lowest BCUT2D eigenvalue weighted by Crippen LogP contribution is -2.26. The number of pyridine rings is 1. The maximum atomic E-state index is 2.19. The first-order chi connectivity index (χ1) is 10.6. The normalized spacial score (nSPS) is 11.2. The van der Waals surface area contributed by atoms with Crippen LogP contribution in [0.5, 0.6) is 0 Å². The van der Waals surface area contributed by atoms with Gasteiger partial charge < -0.3 is 4.90 Å². The molecule has 2 aromatic carbocycles. The van der Waals surface area contributed by atoms with Crippen LogP contribution in [0.1, 0.15) is 11.1 Å². The molecule has 1 heterocycles. The predicted octanol–water partition coefficient (Wildman–Crippen LogP) is 3.90. The van der Waals surface area contributed by atoms with Crippen molar-refractivity contribution in [3.8, 4) is 0 Å². The van der Waals surface area contributed by atoms with Crippen LogP contribution in [0.3, 0.4) is 0 Å². The number of fused-ring (bicyclic) bond motifs is 1. The minimum absolute atomic E-state index is 1.21. The quantitative estimate of drug-likeness (QED) is 0.663. The molecule has 1 aromatic heterocycles. The fourth-order valence-electron chi connectivity index (χ4n) is 2.62. The Balaban J connectivity index is 1.95. The second-order valence-electron chi connectivity index (χ2n) is 5.79. The summed E-state index contributed by atoms with van der Waals surface area (Å²) in [6, 6.07) is 17.1. The summed E-state index contributed by atoms with van der Waals surface area (Å²) < 4.78 is 2.11. The van der Waals surface area contributed by atoms with Gasteiger partial charge in [0, 0.05) is 36.1 Å². The lowest BCUT2D eigenvalue weighted by molar-refractivity contribution is -0.670. The fourth-order valence-corrected chi connectivity index (χ4v) is 2.62. The summed E-state index contributed by atoms with van der Waals surface area (Å²) in [5, 5.41) is 2.54. The Morgan fingerprint density at radius 1 is 0.864 bits per heavy atom. The Hall–Kier alpha value is -2.61. The third-order valence-corrected chi connectivity index (χ3v) is 3.82. The van der Waals surface area contributed by atoms with Crippen molar-refractivity contribution in [1.29, 1.82) is 0 Å². The maximum Gasteiger partial charge on any atom is 0.176 e. The van der Waals surface area contributed by atoms with Gasteiger partial charge in [0.1, 0.15) is 7.05 Å². The maximum absolute atomic E-state index is 2.19. The highest BCUT2D eigenvalue weighted by Crippen LogP contribution is 2.19. The van der Waals surface area contributed by atoms with Crippen molar-refractivity contribution in [2.75, 3.05) is 19.0 Å². The van der Waals surface area contributed by atoms with Gasteiger partial charge in [0.15, 0.2) is 12.4 Å². The topological polar surface area (TPSA) is 7.12 Å². The summed E-state index contributed by atoms with van der Waals surface area (Å²) in [7, 11) is 6.18. The number of hydrogen-bond donors (Lipinski definition) is 0. The van der Waals surface area contributed by atoms with E-state index in [2.05, 4.69) is 104 Å². The van der Waals surface area contributed by atoms with E-state index < -0.39 is 0 Å². The third kappa shape index (κ3) is 3.01. The number of aromatic nitrogens is 1. The largest absolute Gasteiger partial charge is 0.378 e. The second kappa shape index (κ2) is 6.02. The van der Waals surface area contributed by atoms with E-state index in [1.807, 2.05) is 0 Å². The van der Waals surface area contributed by atoms with Gasteiger partial charge in [0.25, 0.3) is 0 Å². The van der Waals surface area contributed by atoms with Gasteiger partial charge in [-0.25, -0.2) is 4.57 Å². The molecular formula is C20H21N2+. The van der Waals surface area contributed by atoms with Gasteiger partial charge in [0.2, 0.25) is 0 Å². The van der Waals surface area contributed by atoms with Crippen LogP contribution in [0.15, 0.2) is 60.9 Å². The SMILES string of the molecule is CN(C)c1ccc(C=Cc2c[n+](C)cc3ccccc23)cc1. The van der Waals surface area contributed by atoms with Crippen molar-refractivity contribution in [3.63, 3.8) is 0 Å². The molecule has 0 aliphatic carbocycles. The van der Waals surface area contributed by atoms with Crippen LogP contribution in [-0.4, -0.2) is 14.1 Å². The molecule has 3 rings (SSSR count). The predicted molar refractivity (Wildman–Crippen MR) is 94.8 cm³/mol. The number of hydrogen-bond acceptors (Lipinski definition) is 1. The monoisotopic (exact) mass is 289 g/mol. The molecule has 0 aliphatic heterocycles. The van der Waals surface area contributed by atoms with Gasteiger partial charge in [-0.3, -0.25) is 0 Å². The third-order valence-electron chi connectivity index (χ3n) is 3.82. The zero-order chi connectivity index (χ0) is 15.5. The molecule has 2 nitrogen and oxygen atoms in total. The second-order valence-corrected chi connectivity index (χ2v) is 5.79. The van der Waals surface area contributed by atoms with Crippen LogP contribution in [-0.2, 0) is 7.05 Å². The Morgan fingerprint density at radius 3 is 2.32 bits per heavy atom. The Kier molecular flexibility index (Phi) is 3.92. The van der Waals surface area contributed by atoms with Crippen molar-refractivity contribution >= 4 is 28.6 Å². The summed E-state index contributed by atoms with van der Waals surface area (Å²) in [4.78, 5) is 2.11. The van der Waals surface area contributed by atoms with E-state index in [0.29, 0.717) is 0 Å². The molecule has 0 radical (unpaired) electrons. The van der Waals surface area contributed by atoms with Gasteiger partial charge in [0.05, 0.1) is 0 Å². The van der Waals surface area contributed by atoms with Crippen LogP contribution >= 0.6 is 0 Å². The van der Waals surface area contributed by atoms with Crippen molar-refractivity contribution in [3.05, 3.63) is 72.1 Å². The molecule has 0 N–H and O–H groups in total. The number of aryl methyl sites for hydroxylation is 1. The van der Waals surface area contributed by atoms with Crippen molar-refractivity contribution in [2.24, 2.45) is 7.05 Å². The molecule has 0 spiro atoms. The number of benzene rings is 2. The highest BCUT2D eigenvalue weighted by molar-refractivity contribution is 5.91. The highest BCUT2D eigenvalue weighted by atomic mass is 15.1. The lowest BCUT2D eigenvalue weighted by Gasteiger charge is -2.11. The molecule has 0 fully saturated rings. The molecular weight excluding hydrogens is 268 g/mol. The number of anilines is 1. The summed E-state index contributed by atoms with van der Waals surface area (Å²) in [5.74, 6) is 0. The minimum Gasteiger partial charge on any atom is -0.378 e. The Bertz CT molecular complexity index is 815. The molecule has 22 heavy (non-hydrogen) atoms. The molecule has 110 valence electrons. The average molecular weight is 289 g/mol. The van der Waals surface area contributed by atoms with Gasteiger partial charge in [-0.05, 0) is 29.8 Å². The summed E-state index contributed by atoms with van der Waals surface area (Å²) >= 11 is 0. The molecule has 0 saturated heterocycles. The molecule has 0 bridgehead atoms. The minimum atomic E-state index is 1.21. The van der Waals surface area contributed by atoms with Crippen molar-refractivity contribution in [2.45, 2.75) is 0 Å². The van der Waals surface area contributed by atoms with Crippen molar-refractivity contribution in [1.82, 2.24) is 0 Å². The average Bonchev–Trinajstić information content (AvgIpc) is 2.52. The van der Waals surface area contributed by atoms with Crippen LogP contribution in [0.2, 0.25) is 0 Å². The molecule has 2 heteroatoms. The zero-order valence-electron chi connectivity index (χ0n) is 13.3. The number of rotatable bonds is 3. The highest BCUT2D eigenvalue weighted by Gasteiger charge is 2.04. The van der Waals surface area contributed by atoms with Gasteiger partial charge in [-0.1, -0.05) is 36.4 Å². The zero-order valence-corrected chi connectivity index (χ0v) is 13.3. The van der Waals surface area contributed by atoms with Crippen LogP contribution in [0, 0.1) is 0 Å². The Morgan fingerprint density at radius 2 is 1.59 bits per heavy atom. The van der Waals surface area contributed by atoms with E-state index in [9.17, 15) is 0 Å². The number of nitrogens with zero attached hydrogens (tertiary/aromatic N) is 2. The van der Waals surface area contributed by atoms with E-state index >= 15 is 0 Å². The lowest BCUT2D eigenvalue weighted by atomic mass is 10.1. The first kappa shape index (κ1) is 14.3. The summed E-state index contributed by atoms with van der Waals surface area (Å²) in [5.41, 5.74) is 3.66. The van der Waals surface area contributed by atoms with E-state index in [1.165, 1.54) is 27.6 Å². The standard InChI is InChI=1S/C20H21N2/c1-21(2)19-12-9-16(10-13-19)8-11-18-15-22(3)14-17-6-4-5-7-20(17)18/h4-15H,1-3H3/q+1. The molecule has 0 unspecified atom stereocenters. The van der Waals surface area contributed by atoms with Gasteiger partial charge in [-0.2, -0.15) is 0 Å². The fraction of sp³-hybridized carbons (Fsp3) is 0.150. The van der Waals surface area contributed by atoms with Crippen LogP contribution in [0.4, 0.5) is 5.69 Å². The molecule has 0 amide bonds. The Labute approximate surface area is 131 Å². The van der Waals surface area contributed by atoms with E-state index in [4.69, 9.17) is 0 Å². The smallest absolute Gasteiger partial charge is 0.176 e. The van der Waals surface area contributed by atoms with E-state index in [0.717, 1.165) is 0 Å².